The maximum absolute atomic E-state index is 11.3. The number of hydrogen-bond acceptors (Lipinski definition) is 4. The highest BCUT2D eigenvalue weighted by molar-refractivity contribution is 5.82. The summed E-state index contributed by atoms with van der Waals surface area (Å²) < 4.78 is 5.13. The summed E-state index contributed by atoms with van der Waals surface area (Å²) in [7, 11) is 0. The highest BCUT2D eigenvalue weighted by Gasteiger charge is 2.18. The van der Waals surface area contributed by atoms with E-state index in [1.807, 2.05) is 20.8 Å². The number of β-amino-alcohol motifs (C(OH)–C–C–N with tert-alkyl or cyclic N) is 1. The number of likely N-dealkylation sites (tertiary alicyclic amines) is 1. The molecule has 92 valence electrons. The van der Waals surface area contributed by atoms with Crippen LogP contribution in [0.2, 0.25) is 0 Å². The van der Waals surface area contributed by atoms with Crippen LogP contribution in [0, 0.1) is 0 Å². The number of ether oxygens (including phenoxy) is 1. The van der Waals surface area contributed by atoms with Crippen LogP contribution in [0.25, 0.3) is 0 Å². The summed E-state index contributed by atoms with van der Waals surface area (Å²) in [5.74, 6) is -0.313. The molecule has 0 unspecified atom stereocenters. The molecule has 0 aromatic carbocycles. The summed E-state index contributed by atoms with van der Waals surface area (Å²) in [4.78, 5) is 13.4. The average molecular weight is 227 g/mol. The lowest BCUT2D eigenvalue weighted by atomic mass is 10.2. The molecule has 1 fully saturated rings. The molecular formula is C12H21NO3. The number of aliphatic hydroxyl groups excluding tert-OH is 1. The van der Waals surface area contributed by atoms with Gasteiger partial charge in [0.25, 0.3) is 0 Å². The lowest BCUT2D eigenvalue weighted by Crippen LogP contribution is -2.24. The van der Waals surface area contributed by atoms with E-state index in [9.17, 15) is 9.90 Å². The van der Waals surface area contributed by atoms with Gasteiger partial charge in [0, 0.05) is 25.7 Å². The van der Waals surface area contributed by atoms with Crippen LogP contribution in [0.15, 0.2) is 12.2 Å². The zero-order valence-electron chi connectivity index (χ0n) is 10.3. The van der Waals surface area contributed by atoms with E-state index in [0.717, 1.165) is 13.0 Å². The summed E-state index contributed by atoms with van der Waals surface area (Å²) in [6.07, 6.45) is 3.84. The number of carbonyl (C=O) groups is 1. The van der Waals surface area contributed by atoms with E-state index in [0.29, 0.717) is 13.1 Å². The largest absolute Gasteiger partial charge is 0.457 e. The van der Waals surface area contributed by atoms with Gasteiger partial charge >= 0.3 is 5.97 Å². The molecule has 1 aliphatic rings. The number of carbonyl (C=O) groups excluding carboxylic acids is 1. The first kappa shape index (κ1) is 13.2. The molecule has 0 aliphatic carbocycles. The van der Waals surface area contributed by atoms with E-state index in [-0.39, 0.29) is 12.1 Å². The van der Waals surface area contributed by atoms with Crippen molar-refractivity contribution in [1.29, 1.82) is 0 Å². The van der Waals surface area contributed by atoms with Crippen molar-refractivity contribution in [2.45, 2.75) is 38.9 Å². The predicted molar refractivity (Wildman–Crippen MR) is 62.0 cm³/mol. The van der Waals surface area contributed by atoms with Crippen molar-refractivity contribution in [3.8, 4) is 0 Å². The first-order valence-corrected chi connectivity index (χ1v) is 5.67. The van der Waals surface area contributed by atoms with E-state index in [1.54, 1.807) is 6.08 Å². The minimum absolute atomic E-state index is 0.213. The second kappa shape index (κ2) is 5.46. The molecule has 1 rings (SSSR count). The maximum atomic E-state index is 11.3. The lowest BCUT2D eigenvalue weighted by molar-refractivity contribution is -0.148. The maximum Gasteiger partial charge on any atom is 0.330 e. The summed E-state index contributed by atoms with van der Waals surface area (Å²) in [6, 6.07) is 0. The molecule has 16 heavy (non-hydrogen) atoms. The van der Waals surface area contributed by atoms with Gasteiger partial charge in [-0.15, -0.1) is 0 Å². The molecule has 1 saturated heterocycles. The van der Waals surface area contributed by atoms with Crippen LogP contribution >= 0.6 is 0 Å². The van der Waals surface area contributed by atoms with Gasteiger partial charge < -0.3 is 9.84 Å². The van der Waals surface area contributed by atoms with E-state index in [1.165, 1.54) is 6.08 Å². The fourth-order valence-corrected chi connectivity index (χ4v) is 1.61. The highest BCUT2D eigenvalue weighted by Crippen LogP contribution is 2.09. The molecule has 1 atom stereocenters. The zero-order chi connectivity index (χ0) is 12.2. The van der Waals surface area contributed by atoms with Gasteiger partial charge in [0.1, 0.15) is 5.60 Å². The Morgan fingerprint density at radius 1 is 1.56 bits per heavy atom. The second-order valence-corrected chi connectivity index (χ2v) is 5.14. The van der Waals surface area contributed by atoms with Gasteiger partial charge in [-0.2, -0.15) is 0 Å². The van der Waals surface area contributed by atoms with Gasteiger partial charge in [-0.25, -0.2) is 4.79 Å². The number of nitrogens with zero attached hydrogens (tertiary/aromatic N) is 1. The monoisotopic (exact) mass is 227 g/mol. The third-order valence-corrected chi connectivity index (χ3v) is 2.27. The van der Waals surface area contributed by atoms with Crippen molar-refractivity contribution < 1.29 is 14.6 Å². The normalized spacial score (nSPS) is 22.9. The Kier molecular flexibility index (Phi) is 4.50. The van der Waals surface area contributed by atoms with E-state index >= 15 is 0 Å². The zero-order valence-corrected chi connectivity index (χ0v) is 10.3. The Bertz CT molecular complexity index is 268. The van der Waals surface area contributed by atoms with Crippen LogP contribution in [0.1, 0.15) is 27.2 Å². The van der Waals surface area contributed by atoms with Crippen LogP contribution in [0.4, 0.5) is 0 Å². The minimum Gasteiger partial charge on any atom is -0.457 e. The Balaban J connectivity index is 2.24. The fourth-order valence-electron chi connectivity index (χ4n) is 1.61. The number of esters is 1. The Hall–Kier alpha value is -0.870. The molecule has 1 heterocycles. The van der Waals surface area contributed by atoms with Gasteiger partial charge in [0.15, 0.2) is 0 Å². The first-order valence-electron chi connectivity index (χ1n) is 5.67. The third-order valence-electron chi connectivity index (χ3n) is 2.27. The summed E-state index contributed by atoms with van der Waals surface area (Å²) in [5.41, 5.74) is -0.439. The van der Waals surface area contributed by atoms with Crippen molar-refractivity contribution in [2.24, 2.45) is 0 Å². The number of rotatable bonds is 3. The molecule has 0 amide bonds. The molecule has 0 bridgehead atoms. The number of aliphatic hydroxyl groups is 1. The van der Waals surface area contributed by atoms with Gasteiger partial charge in [-0.1, -0.05) is 6.08 Å². The van der Waals surface area contributed by atoms with E-state index in [2.05, 4.69) is 4.90 Å². The van der Waals surface area contributed by atoms with Crippen LogP contribution in [0.3, 0.4) is 0 Å². The van der Waals surface area contributed by atoms with Crippen molar-refractivity contribution in [3.05, 3.63) is 12.2 Å². The summed E-state index contributed by atoms with van der Waals surface area (Å²) in [5, 5.41) is 9.30. The molecule has 4 nitrogen and oxygen atoms in total. The molecule has 0 spiro atoms. The quantitative estimate of drug-likeness (QED) is 0.576. The molecular weight excluding hydrogens is 206 g/mol. The molecule has 0 saturated carbocycles. The topological polar surface area (TPSA) is 49.8 Å². The first-order chi connectivity index (χ1) is 7.37. The molecule has 1 N–H and O–H groups in total. The van der Waals surface area contributed by atoms with Gasteiger partial charge in [0.2, 0.25) is 0 Å². The van der Waals surface area contributed by atoms with Crippen molar-refractivity contribution >= 4 is 5.97 Å². The van der Waals surface area contributed by atoms with Crippen molar-refractivity contribution in [3.63, 3.8) is 0 Å². The third kappa shape index (κ3) is 5.28. The smallest absolute Gasteiger partial charge is 0.330 e. The molecule has 0 radical (unpaired) electrons. The highest BCUT2D eigenvalue weighted by atomic mass is 16.6. The van der Waals surface area contributed by atoms with Crippen LogP contribution in [-0.2, 0) is 9.53 Å². The van der Waals surface area contributed by atoms with Crippen molar-refractivity contribution in [2.75, 3.05) is 19.6 Å². The summed E-state index contributed by atoms with van der Waals surface area (Å²) >= 11 is 0. The molecule has 0 aromatic rings. The predicted octanol–water partition coefficient (Wildman–Crippen LogP) is 0.951. The lowest BCUT2D eigenvalue weighted by Gasteiger charge is -2.18. The Labute approximate surface area is 96.9 Å². The molecule has 4 heteroatoms. The van der Waals surface area contributed by atoms with Crippen LogP contribution < -0.4 is 0 Å². The Morgan fingerprint density at radius 2 is 2.25 bits per heavy atom. The fraction of sp³-hybridized carbons (Fsp3) is 0.750. The summed E-state index contributed by atoms with van der Waals surface area (Å²) in [6.45, 7) is 7.80. The van der Waals surface area contributed by atoms with Gasteiger partial charge in [-0.05, 0) is 27.2 Å². The van der Waals surface area contributed by atoms with E-state index < -0.39 is 5.60 Å². The standard InChI is InChI=1S/C12H21NO3/c1-12(2,3)16-11(15)5-4-7-13-8-6-10(14)9-13/h4-5,10,14H,6-9H2,1-3H3/t10-/m0/s1. The molecule has 0 aromatic heterocycles. The van der Waals surface area contributed by atoms with Gasteiger partial charge in [0.05, 0.1) is 6.10 Å². The number of hydrogen-bond donors (Lipinski definition) is 1. The second-order valence-electron chi connectivity index (χ2n) is 5.14. The minimum atomic E-state index is -0.439. The van der Waals surface area contributed by atoms with Crippen molar-refractivity contribution in [1.82, 2.24) is 4.90 Å². The van der Waals surface area contributed by atoms with Crippen LogP contribution in [-0.4, -0.2) is 47.3 Å². The van der Waals surface area contributed by atoms with Crippen LogP contribution in [0.5, 0.6) is 0 Å². The SMILES string of the molecule is CC(C)(C)OC(=O)C=CCN1CC[C@H](O)C1. The van der Waals surface area contributed by atoms with E-state index in [4.69, 9.17) is 4.74 Å². The van der Waals surface area contributed by atoms with Gasteiger partial charge in [-0.3, -0.25) is 4.90 Å². The Morgan fingerprint density at radius 3 is 2.75 bits per heavy atom. The molecule has 1 aliphatic heterocycles. The average Bonchev–Trinajstić information content (AvgIpc) is 2.48.